The predicted molar refractivity (Wildman–Crippen MR) is 91.2 cm³/mol. The van der Waals surface area contributed by atoms with Crippen molar-refractivity contribution in [2.24, 2.45) is 11.8 Å². The molecule has 1 aromatic heterocycles. The monoisotopic (exact) mass is 339 g/mol. The summed E-state index contributed by atoms with van der Waals surface area (Å²) < 4.78 is 0. The number of hydrogen-bond donors (Lipinski definition) is 2. The van der Waals surface area contributed by atoms with Gasteiger partial charge in [0.15, 0.2) is 0 Å². The summed E-state index contributed by atoms with van der Waals surface area (Å²) in [5.41, 5.74) is 0. The van der Waals surface area contributed by atoms with Crippen LogP contribution < -0.4 is 5.32 Å². The van der Waals surface area contributed by atoms with Gasteiger partial charge in [-0.15, -0.1) is 5.10 Å². The van der Waals surface area contributed by atoms with Crippen LogP contribution in [0.3, 0.4) is 0 Å². The first-order chi connectivity index (χ1) is 11.0. The number of anilines is 1. The molecule has 2 amide bonds. The highest BCUT2D eigenvalue weighted by Gasteiger charge is 2.29. The fraction of sp³-hybridized carbons (Fsp3) is 0.733. The molecule has 2 heterocycles. The predicted octanol–water partition coefficient (Wildman–Crippen LogP) is 1.54. The Labute approximate surface area is 141 Å². The van der Waals surface area contributed by atoms with Crippen molar-refractivity contribution < 1.29 is 9.59 Å². The topological polar surface area (TPSA) is 91.0 Å². The first-order valence-corrected chi connectivity index (χ1v) is 9.44. The van der Waals surface area contributed by atoms with Crippen LogP contribution in [0.4, 0.5) is 5.95 Å². The summed E-state index contributed by atoms with van der Waals surface area (Å²) >= 11 is 1.68. The van der Waals surface area contributed by atoms with Crippen molar-refractivity contribution in [1.82, 2.24) is 20.1 Å². The Hall–Kier alpha value is -1.57. The lowest BCUT2D eigenvalue weighted by Gasteiger charge is -2.32. The summed E-state index contributed by atoms with van der Waals surface area (Å²) in [6, 6.07) is 0. The molecule has 0 bridgehead atoms. The molecule has 23 heavy (non-hydrogen) atoms. The lowest BCUT2D eigenvalue weighted by atomic mass is 9.95. The number of carbonyl (C=O) groups excluding carboxylic acids is 2. The van der Waals surface area contributed by atoms with Crippen LogP contribution in [0, 0.1) is 11.8 Å². The lowest BCUT2D eigenvalue weighted by molar-refractivity contribution is -0.137. The van der Waals surface area contributed by atoms with Crippen LogP contribution in [0.2, 0.25) is 0 Å². The minimum absolute atomic E-state index is 0.0381. The van der Waals surface area contributed by atoms with Crippen LogP contribution in [0.25, 0.3) is 0 Å². The molecule has 1 fully saturated rings. The number of amides is 2. The molecule has 2 rings (SSSR count). The van der Waals surface area contributed by atoms with Gasteiger partial charge in [-0.05, 0) is 19.1 Å². The molecule has 0 aliphatic carbocycles. The molecule has 0 unspecified atom stereocenters. The van der Waals surface area contributed by atoms with E-state index in [1.807, 2.05) is 25.0 Å². The second-order valence-corrected chi connectivity index (χ2v) is 6.82. The van der Waals surface area contributed by atoms with Crippen molar-refractivity contribution in [2.45, 2.75) is 33.1 Å². The zero-order valence-corrected chi connectivity index (χ0v) is 14.8. The second-order valence-electron chi connectivity index (χ2n) is 5.90. The van der Waals surface area contributed by atoms with Crippen LogP contribution >= 0.6 is 11.8 Å². The fourth-order valence-electron chi connectivity index (χ4n) is 2.72. The Kier molecular flexibility index (Phi) is 6.44. The van der Waals surface area contributed by atoms with Crippen LogP contribution in [-0.4, -0.2) is 57.0 Å². The Balaban J connectivity index is 1.81. The van der Waals surface area contributed by atoms with Gasteiger partial charge >= 0.3 is 0 Å². The molecule has 1 atom stereocenters. The van der Waals surface area contributed by atoms with Gasteiger partial charge in [0.05, 0.1) is 0 Å². The maximum atomic E-state index is 12.3. The summed E-state index contributed by atoms with van der Waals surface area (Å²) in [6.07, 6.45) is 4.13. The molecule has 7 nitrogen and oxygen atoms in total. The number of aryl methyl sites for hydroxylation is 1. The van der Waals surface area contributed by atoms with E-state index in [9.17, 15) is 9.59 Å². The summed E-state index contributed by atoms with van der Waals surface area (Å²) in [5.74, 6) is 2.01. The molecule has 128 valence electrons. The second kappa shape index (κ2) is 8.33. The van der Waals surface area contributed by atoms with E-state index in [0.29, 0.717) is 31.9 Å². The van der Waals surface area contributed by atoms with Crippen molar-refractivity contribution in [2.75, 3.05) is 30.4 Å². The maximum Gasteiger partial charge on any atom is 0.248 e. The Bertz CT molecular complexity index is 540. The summed E-state index contributed by atoms with van der Waals surface area (Å²) in [4.78, 5) is 30.6. The summed E-state index contributed by atoms with van der Waals surface area (Å²) in [7, 11) is 0. The molecule has 0 radical (unpaired) electrons. The highest BCUT2D eigenvalue weighted by Crippen LogP contribution is 2.21. The number of aromatic amines is 1. The van der Waals surface area contributed by atoms with Crippen molar-refractivity contribution in [1.29, 1.82) is 0 Å². The SMILES string of the molecule is CCc1nc(NC(=O)C2CCN(C(=O)[C@H](C)CSC)CC2)n[nH]1. The van der Waals surface area contributed by atoms with E-state index >= 15 is 0 Å². The lowest BCUT2D eigenvalue weighted by Crippen LogP contribution is -2.44. The smallest absolute Gasteiger partial charge is 0.248 e. The average molecular weight is 339 g/mol. The molecule has 0 spiro atoms. The number of nitrogens with zero attached hydrogens (tertiary/aromatic N) is 3. The van der Waals surface area contributed by atoms with Gasteiger partial charge in [-0.1, -0.05) is 13.8 Å². The first-order valence-electron chi connectivity index (χ1n) is 8.05. The third-order valence-electron chi connectivity index (χ3n) is 4.12. The maximum absolute atomic E-state index is 12.3. The molecular weight excluding hydrogens is 314 g/mol. The Morgan fingerprint density at radius 2 is 2.13 bits per heavy atom. The molecule has 1 saturated heterocycles. The van der Waals surface area contributed by atoms with Crippen molar-refractivity contribution in [3.63, 3.8) is 0 Å². The normalized spacial score (nSPS) is 17.1. The summed E-state index contributed by atoms with van der Waals surface area (Å²) in [6.45, 7) is 5.22. The largest absolute Gasteiger partial charge is 0.342 e. The van der Waals surface area contributed by atoms with Crippen molar-refractivity contribution in [3.05, 3.63) is 5.82 Å². The van der Waals surface area contributed by atoms with Gasteiger partial charge < -0.3 is 4.90 Å². The number of carbonyl (C=O) groups is 2. The fourth-order valence-corrected chi connectivity index (χ4v) is 3.36. The number of H-pyrrole nitrogens is 1. The third kappa shape index (κ3) is 4.70. The number of nitrogens with one attached hydrogen (secondary N) is 2. The average Bonchev–Trinajstić information content (AvgIpc) is 3.02. The van der Waals surface area contributed by atoms with E-state index < -0.39 is 0 Å². The molecular formula is C15H25N5O2S. The van der Waals surface area contributed by atoms with Crippen LogP contribution in [0.5, 0.6) is 0 Å². The van der Waals surface area contributed by atoms with Gasteiger partial charge in [0.2, 0.25) is 17.8 Å². The van der Waals surface area contributed by atoms with Gasteiger partial charge in [0.1, 0.15) is 5.82 Å². The number of piperidine rings is 1. The van der Waals surface area contributed by atoms with Crippen LogP contribution in [-0.2, 0) is 16.0 Å². The molecule has 0 aromatic carbocycles. The molecule has 1 aliphatic heterocycles. The number of likely N-dealkylation sites (tertiary alicyclic amines) is 1. The van der Waals surface area contributed by atoms with Gasteiger partial charge in [-0.2, -0.15) is 16.7 Å². The number of rotatable bonds is 6. The van der Waals surface area contributed by atoms with Gasteiger partial charge in [-0.3, -0.25) is 20.0 Å². The molecule has 2 N–H and O–H groups in total. The number of hydrogen-bond acceptors (Lipinski definition) is 5. The van der Waals surface area contributed by atoms with E-state index in [1.54, 1.807) is 11.8 Å². The van der Waals surface area contributed by atoms with Crippen LogP contribution in [0.1, 0.15) is 32.5 Å². The number of thioether (sulfide) groups is 1. The van der Waals surface area contributed by atoms with E-state index in [1.165, 1.54) is 0 Å². The van der Waals surface area contributed by atoms with E-state index in [-0.39, 0.29) is 23.7 Å². The first kappa shape index (κ1) is 17.8. The number of aromatic nitrogens is 3. The van der Waals surface area contributed by atoms with E-state index in [0.717, 1.165) is 18.0 Å². The van der Waals surface area contributed by atoms with Gasteiger partial charge in [-0.25, -0.2) is 0 Å². The quantitative estimate of drug-likeness (QED) is 0.820. The standard InChI is InChI=1S/C15H25N5O2S/c1-4-12-16-15(19-18-12)17-13(21)11-5-7-20(8-6-11)14(22)10(2)9-23-3/h10-11H,4-9H2,1-3H3,(H2,16,17,18,19,21)/t10-/m1/s1. The molecule has 0 saturated carbocycles. The molecule has 1 aromatic rings. The molecule has 8 heteroatoms. The third-order valence-corrected chi connectivity index (χ3v) is 4.95. The molecule has 1 aliphatic rings. The zero-order chi connectivity index (χ0) is 16.8. The minimum atomic E-state index is -0.0847. The zero-order valence-electron chi connectivity index (χ0n) is 14.0. The highest BCUT2D eigenvalue weighted by molar-refractivity contribution is 7.98. The van der Waals surface area contributed by atoms with Crippen molar-refractivity contribution in [3.8, 4) is 0 Å². The van der Waals surface area contributed by atoms with Gasteiger partial charge in [0.25, 0.3) is 0 Å². The summed E-state index contributed by atoms with van der Waals surface area (Å²) in [5, 5.41) is 9.51. The highest BCUT2D eigenvalue weighted by atomic mass is 32.2. The Morgan fingerprint density at radius 3 is 2.70 bits per heavy atom. The van der Waals surface area contributed by atoms with E-state index in [2.05, 4.69) is 20.5 Å². The Morgan fingerprint density at radius 1 is 1.43 bits per heavy atom. The van der Waals surface area contributed by atoms with E-state index in [4.69, 9.17) is 0 Å². The van der Waals surface area contributed by atoms with Crippen molar-refractivity contribution >= 4 is 29.5 Å². The van der Waals surface area contributed by atoms with Crippen LogP contribution in [0.15, 0.2) is 0 Å². The van der Waals surface area contributed by atoms with Gasteiger partial charge in [0, 0.05) is 37.1 Å². The minimum Gasteiger partial charge on any atom is -0.342 e.